The largest absolute Gasteiger partial charge is 0.456 e. The molecule has 0 aliphatic carbocycles. The van der Waals surface area contributed by atoms with Crippen molar-refractivity contribution in [2.75, 3.05) is 0 Å². The van der Waals surface area contributed by atoms with Crippen molar-refractivity contribution in [2.45, 2.75) is 0 Å². The quantitative estimate of drug-likeness (QED) is 0.175. The van der Waals surface area contributed by atoms with Crippen LogP contribution < -0.4 is 0 Å². The summed E-state index contributed by atoms with van der Waals surface area (Å²) in [6, 6.07) is 73.0. The van der Waals surface area contributed by atoms with E-state index in [4.69, 9.17) is 14.4 Å². The molecule has 0 aliphatic rings. The Hall–Kier alpha value is -8.28. The first-order chi connectivity index (χ1) is 30.3. The van der Waals surface area contributed by atoms with Crippen LogP contribution in [0.15, 0.2) is 211 Å². The lowest BCUT2D eigenvalue weighted by Gasteiger charge is -2.12. The molecule has 0 fully saturated rings. The Morgan fingerprint density at radius 2 is 0.902 bits per heavy atom. The number of rotatable bonds is 5. The first kappa shape index (κ1) is 33.7. The van der Waals surface area contributed by atoms with Gasteiger partial charge in [0.05, 0.1) is 38.7 Å². The van der Waals surface area contributed by atoms with E-state index in [1.807, 2.05) is 24.3 Å². The first-order valence-corrected chi connectivity index (χ1v) is 20.7. The Bertz CT molecular complexity index is 3840. The van der Waals surface area contributed by atoms with Crippen molar-refractivity contribution < 1.29 is 4.42 Å². The summed E-state index contributed by atoms with van der Waals surface area (Å²) in [5.41, 5.74) is 14.8. The first-order valence-electron chi connectivity index (χ1n) is 20.7. The fourth-order valence-electron chi connectivity index (χ4n) is 9.62. The average Bonchev–Trinajstić information content (AvgIpc) is 3.99. The highest BCUT2D eigenvalue weighted by Crippen LogP contribution is 2.46. The lowest BCUT2D eigenvalue weighted by molar-refractivity contribution is 0.669. The molecule has 0 atom stereocenters. The number of nitrogens with zero attached hydrogens (tertiary/aromatic N) is 4. The normalized spacial score (nSPS) is 11.9. The van der Waals surface area contributed by atoms with Gasteiger partial charge in [0.25, 0.3) is 0 Å². The molecule has 0 saturated heterocycles. The van der Waals surface area contributed by atoms with E-state index >= 15 is 0 Å². The summed E-state index contributed by atoms with van der Waals surface area (Å²) in [6.07, 6.45) is 0. The zero-order chi connectivity index (χ0) is 40.0. The van der Waals surface area contributed by atoms with Crippen LogP contribution in [0.25, 0.3) is 122 Å². The van der Waals surface area contributed by atoms with Crippen LogP contribution in [0.4, 0.5) is 0 Å². The molecular formula is C56H34N4O. The van der Waals surface area contributed by atoms with Crippen molar-refractivity contribution in [1.82, 2.24) is 19.1 Å². The van der Waals surface area contributed by atoms with Gasteiger partial charge in [-0.15, -0.1) is 0 Å². The van der Waals surface area contributed by atoms with Gasteiger partial charge in [0, 0.05) is 54.8 Å². The van der Waals surface area contributed by atoms with Gasteiger partial charge in [-0.05, 0) is 90.0 Å². The third-order valence-electron chi connectivity index (χ3n) is 12.3. The third kappa shape index (κ3) is 5.08. The van der Waals surface area contributed by atoms with Crippen molar-refractivity contribution in [2.24, 2.45) is 0 Å². The van der Waals surface area contributed by atoms with Gasteiger partial charge in [0.1, 0.15) is 11.2 Å². The molecule has 13 rings (SSSR count). The van der Waals surface area contributed by atoms with E-state index in [-0.39, 0.29) is 0 Å². The Balaban J connectivity index is 1.06. The van der Waals surface area contributed by atoms with Crippen LogP contribution in [0.2, 0.25) is 0 Å². The number of hydrogen-bond donors (Lipinski definition) is 0. The van der Waals surface area contributed by atoms with Crippen LogP contribution in [0, 0.1) is 0 Å². The molecule has 284 valence electrons. The van der Waals surface area contributed by atoms with Crippen LogP contribution in [-0.4, -0.2) is 19.1 Å². The molecule has 0 aliphatic heterocycles. The molecule has 5 heteroatoms. The highest BCUT2D eigenvalue weighted by Gasteiger charge is 2.24. The van der Waals surface area contributed by atoms with Gasteiger partial charge < -0.3 is 13.6 Å². The Kier molecular flexibility index (Phi) is 7.24. The van der Waals surface area contributed by atoms with Gasteiger partial charge in [0.15, 0.2) is 5.82 Å². The topological polar surface area (TPSA) is 48.8 Å². The van der Waals surface area contributed by atoms with Crippen molar-refractivity contribution in [3.63, 3.8) is 0 Å². The number of hydrogen-bond acceptors (Lipinski definition) is 3. The molecule has 0 radical (unpaired) electrons. The number of furan rings is 1. The van der Waals surface area contributed by atoms with E-state index in [2.05, 4.69) is 191 Å². The van der Waals surface area contributed by atoms with E-state index in [9.17, 15) is 0 Å². The van der Waals surface area contributed by atoms with Crippen LogP contribution in [-0.2, 0) is 0 Å². The van der Waals surface area contributed by atoms with Crippen molar-refractivity contribution in [1.29, 1.82) is 0 Å². The highest BCUT2D eigenvalue weighted by atomic mass is 16.3. The molecule has 4 heterocycles. The Morgan fingerprint density at radius 3 is 1.67 bits per heavy atom. The maximum Gasteiger partial charge on any atom is 0.160 e. The molecule has 4 aromatic heterocycles. The number of benzene rings is 9. The SMILES string of the molecule is c1ccc(-c2ccc(-n3c4ccccc4c4c5c6ccc7oc8ccccc8c7c6n(-c6ccc(-c7nc(-c8ccccc8)c8ccccc8n7)cc6)c5ccc43)cc2)cc1. The van der Waals surface area contributed by atoms with Gasteiger partial charge in [-0.2, -0.15) is 0 Å². The van der Waals surface area contributed by atoms with Crippen LogP contribution in [0.1, 0.15) is 0 Å². The summed E-state index contributed by atoms with van der Waals surface area (Å²) in [7, 11) is 0. The maximum absolute atomic E-state index is 6.53. The summed E-state index contributed by atoms with van der Waals surface area (Å²) >= 11 is 0. The number of aromatic nitrogens is 4. The second-order valence-electron chi connectivity index (χ2n) is 15.7. The van der Waals surface area contributed by atoms with Gasteiger partial charge in [-0.3, -0.25) is 0 Å². The molecule has 61 heavy (non-hydrogen) atoms. The van der Waals surface area contributed by atoms with Crippen LogP contribution >= 0.6 is 0 Å². The van der Waals surface area contributed by atoms with Crippen molar-refractivity contribution in [3.8, 4) is 45.1 Å². The van der Waals surface area contributed by atoms with Gasteiger partial charge in [0.2, 0.25) is 0 Å². The fraction of sp³-hybridized carbons (Fsp3) is 0. The molecule has 0 N–H and O–H groups in total. The lowest BCUT2D eigenvalue weighted by Crippen LogP contribution is -1.97. The Morgan fingerprint density at radius 1 is 0.328 bits per heavy atom. The number of para-hydroxylation sites is 3. The van der Waals surface area contributed by atoms with E-state index in [0.717, 1.165) is 77.6 Å². The number of fused-ring (bicyclic) bond motifs is 12. The predicted octanol–water partition coefficient (Wildman–Crippen LogP) is 14.7. The van der Waals surface area contributed by atoms with Gasteiger partial charge in [-0.1, -0.05) is 127 Å². The average molecular weight is 779 g/mol. The molecule has 0 saturated carbocycles. The monoisotopic (exact) mass is 778 g/mol. The third-order valence-corrected chi connectivity index (χ3v) is 12.3. The van der Waals surface area contributed by atoms with E-state index < -0.39 is 0 Å². The summed E-state index contributed by atoms with van der Waals surface area (Å²) in [6.45, 7) is 0. The molecule has 0 amide bonds. The molecule has 0 spiro atoms. The minimum atomic E-state index is 0.695. The van der Waals surface area contributed by atoms with Crippen molar-refractivity contribution >= 4 is 76.5 Å². The van der Waals surface area contributed by atoms with Gasteiger partial charge in [-0.25, -0.2) is 9.97 Å². The van der Waals surface area contributed by atoms with Crippen LogP contribution in [0.5, 0.6) is 0 Å². The molecule has 5 nitrogen and oxygen atoms in total. The minimum absolute atomic E-state index is 0.695. The maximum atomic E-state index is 6.53. The second-order valence-corrected chi connectivity index (χ2v) is 15.7. The molecule has 0 unspecified atom stereocenters. The van der Waals surface area contributed by atoms with Crippen LogP contribution in [0.3, 0.4) is 0 Å². The predicted molar refractivity (Wildman–Crippen MR) is 252 cm³/mol. The molecular weight excluding hydrogens is 745 g/mol. The smallest absolute Gasteiger partial charge is 0.160 e. The standard InChI is InChI=1S/C56H34N4O/c1-3-13-35(14-4-1)36-23-27-39(28-24-36)59-46-21-11-8-18-42(46)51-47(59)32-33-48-52(51)44-31-34-50-53(43-19-9-12-22-49(43)61-50)55(44)60(48)40-29-25-38(26-30-40)56-57-45-20-10-7-17-41(45)54(58-56)37-15-5-2-6-16-37/h1-34H. The highest BCUT2D eigenvalue weighted by molar-refractivity contribution is 6.33. The zero-order valence-corrected chi connectivity index (χ0v) is 32.8. The molecule has 0 bridgehead atoms. The summed E-state index contributed by atoms with van der Waals surface area (Å²) in [4.78, 5) is 10.2. The van der Waals surface area contributed by atoms with Gasteiger partial charge >= 0.3 is 0 Å². The van der Waals surface area contributed by atoms with E-state index in [0.29, 0.717) is 5.82 Å². The second kappa shape index (κ2) is 13.1. The fourth-order valence-corrected chi connectivity index (χ4v) is 9.62. The minimum Gasteiger partial charge on any atom is -0.456 e. The summed E-state index contributed by atoms with van der Waals surface area (Å²) < 4.78 is 11.4. The van der Waals surface area contributed by atoms with Crippen molar-refractivity contribution in [3.05, 3.63) is 206 Å². The summed E-state index contributed by atoms with van der Waals surface area (Å²) in [5, 5.41) is 8.07. The molecule has 9 aromatic carbocycles. The van der Waals surface area contributed by atoms with E-state index in [1.165, 1.54) is 38.2 Å². The zero-order valence-electron chi connectivity index (χ0n) is 32.8. The van der Waals surface area contributed by atoms with E-state index in [1.54, 1.807) is 0 Å². The lowest BCUT2D eigenvalue weighted by atomic mass is 10.0. The Labute approximate surface area is 350 Å². The molecule has 13 aromatic rings. The summed E-state index contributed by atoms with van der Waals surface area (Å²) in [5.74, 6) is 0.695.